The van der Waals surface area contributed by atoms with E-state index in [1.54, 1.807) is 6.07 Å². The number of hydrogen-bond donors (Lipinski definition) is 2. The van der Waals surface area contributed by atoms with Gasteiger partial charge in [0.15, 0.2) is 5.76 Å². The van der Waals surface area contributed by atoms with Crippen LogP contribution in [0.3, 0.4) is 0 Å². The second-order valence-electron chi connectivity index (χ2n) is 5.72. The minimum Gasteiger partial charge on any atom is -0.451 e. The third-order valence-corrected chi connectivity index (χ3v) is 4.57. The first-order valence-corrected chi connectivity index (χ1v) is 6.77. The predicted molar refractivity (Wildman–Crippen MR) is 72.0 cm³/mol. The number of benzene rings is 1. The molecular weight excluding hydrogens is 240 g/mol. The first-order valence-electron chi connectivity index (χ1n) is 6.77. The Hall–Kier alpha value is -1.81. The lowest BCUT2D eigenvalue weighted by atomic mass is 9.87. The van der Waals surface area contributed by atoms with Crippen molar-refractivity contribution in [2.24, 2.45) is 11.7 Å². The molecule has 0 radical (unpaired) electrons. The van der Waals surface area contributed by atoms with E-state index in [1.807, 2.05) is 6.07 Å². The molecule has 4 heteroatoms. The van der Waals surface area contributed by atoms with Gasteiger partial charge in [-0.2, -0.15) is 0 Å². The predicted octanol–water partition coefficient (Wildman–Crippen LogP) is 2.00. The lowest BCUT2D eigenvalue weighted by Crippen LogP contribution is -2.28. The summed E-state index contributed by atoms with van der Waals surface area (Å²) in [6.45, 7) is 1.13. The highest BCUT2D eigenvalue weighted by Crippen LogP contribution is 2.43. The first-order chi connectivity index (χ1) is 9.20. The number of carbonyl (C=O) groups excluding carboxylic acids is 1. The average Bonchev–Trinajstić information content (AvgIpc) is 3.11. The van der Waals surface area contributed by atoms with E-state index >= 15 is 0 Å². The third-order valence-electron chi connectivity index (χ3n) is 4.57. The molecule has 1 amide bonds. The number of furan rings is 1. The highest BCUT2D eigenvalue weighted by molar-refractivity contribution is 5.95. The fraction of sp³-hybridized carbons (Fsp3) is 0.400. The number of carbonyl (C=O) groups is 1. The Labute approximate surface area is 111 Å². The van der Waals surface area contributed by atoms with E-state index in [-0.39, 0.29) is 5.76 Å². The van der Waals surface area contributed by atoms with Crippen LogP contribution in [-0.2, 0) is 0 Å². The molecule has 1 saturated carbocycles. The van der Waals surface area contributed by atoms with E-state index in [4.69, 9.17) is 10.2 Å². The minimum atomic E-state index is -0.512. The molecule has 19 heavy (non-hydrogen) atoms. The molecule has 2 heterocycles. The van der Waals surface area contributed by atoms with Crippen molar-refractivity contribution < 1.29 is 9.21 Å². The lowest BCUT2D eigenvalue weighted by Gasteiger charge is -2.22. The van der Waals surface area contributed by atoms with Crippen LogP contribution in [0, 0.1) is 5.92 Å². The molecule has 4 rings (SSSR count). The van der Waals surface area contributed by atoms with Gasteiger partial charge in [0.2, 0.25) is 0 Å². The fourth-order valence-corrected chi connectivity index (χ4v) is 3.66. The summed E-state index contributed by atoms with van der Waals surface area (Å²) >= 11 is 0. The average molecular weight is 256 g/mol. The van der Waals surface area contributed by atoms with Crippen LogP contribution in [0.4, 0.5) is 0 Å². The minimum absolute atomic E-state index is 0.238. The van der Waals surface area contributed by atoms with Gasteiger partial charge in [-0.15, -0.1) is 0 Å². The van der Waals surface area contributed by atoms with Gasteiger partial charge in [0.1, 0.15) is 5.58 Å². The van der Waals surface area contributed by atoms with Gasteiger partial charge in [0.05, 0.1) is 0 Å². The summed E-state index contributed by atoms with van der Waals surface area (Å²) in [6.07, 6.45) is 2.51. The van der Waals surface area contributed by atoms with Crippen molar-refractivity contribution in [2.45, 2.75) is 24.8 Å². The third kappa shape index (κ3) is 1.67. The summed E-state index contributed by atoms with van der Waals surface area (Å²) in [5.74, 6) is 1.12. The zero-order valence-electron chi connectivity index (χ0n) is 10.6. The molecule has 1 aromatic carbocycles. The molecule has 2 fully saturated rings. The summed E-state index contributed by atoms with van der Waals surface area (Å²) in [5, 5.41) is 4.51. The summed E-state index contributed by atoms with van der Waals surface area (Å²) < 4.78 is 5.42. The maximum Gasteiger partial charge on any atom is 0.284 e. The monoisotopic (exact) mass is 256 g/mol. The number of piperidine rings is 1. The Bertz CT molecular complexity index is 661. The van der Waals surface area contributed by atoms with Crippen LogP contribution in [0.2, 0.25) is 0 Å². The highest BCUT2D eigenvalue weighted by Gasteiger charge is 2.39. The van der Waals surface area contributed by atoms with E-state index in [2.05, 4.69) is 17.4 Å². The number of fused-ring (bicyclic) bond motifs is 3. The zero-order chi connectivity index (χ0) is 13.0. The van der Waals surface area contributed by atoms with E-state index < -0.39 is 5.91 Å². The molecule has 0 spiro atoms. The molecule has 2 aromatic rings. The number of rotatable bonds is 2. The smallest absolute Gasteiger partial charge is 0.284 e. The standard InChI is InChI=1S/C15H16N2O2/c16-15(18)14-5-9-3-8(1-2-13(9)19-14)12-6-11-4-10(12)7-17-11/h1-3,5,10-12,17H,4,6-7H2,(H2,16,18). The maximum atomic E-state index is 11.1. The Balaban J connectivity index is 1.73. The Morgan fingerprint density at radius 1 is 1.32 bits per heavy atom. The SMILES string of the molecule is NC(=O)c1cc2cc(C3CC4CC3CN4)ccc2o1. The van der Waals surface area contributed by atoms with E-state index in [0.717, 1.165) is 23.4 Å². The second-order valence-corrected chi connectivity index (χ2v) is 5.72. The van der Waals surface area contributed by atoms with Crippen LogP contribution in [0.1, 0.15) is 34.9 Å². The van der Waals surface area contributed by atoms with Gasteiger partial charge in [-0.05, 0) is 55.0 Å². The van der Waals surface area contributed by atoms with Gasteiger partial charge >= 0.3 is 0 Å². The van der Waals surface area contributed by atoms with Gasteiger partial charge in [0, 0.05) is 11.4 Å². The molecule has 4 nitrogen and oxygen atoms in total. The van der Waals surface area contributed by atoms with Gasteiger partial charge < -0.3 is 15.5 Å². The Kier molecular flexibility index (Phi) is 2.23. The number of nitrogens with one attached hydrogen (secondary N) is 1. The quantitative estimate of drug-likeness (QED) is 0.863. The van der Waals surface area contributed by atoms with Crippen molar-refractivity contribution in [2.75, 3.05) is 6.54 Å². The van der Waals surface area contributed by atoms with E-state index in [0.29, 0.717) is 12.0 Å². The molecular formula is C15H16N2O2. The molecule has 2 bridgehead atoms. The van der Waals surface area contributed by atoms with E-state index in [1.165, 1.54) is 18.4 Å². The Morgan fingerprint density at radius 2 is 2.21 bits per heavy atom. The largest absolute Gasteiger partial charge is 0.451 e. The maximum absolute atomic E-state index is 11.1. The van der Waals surface area contributed by atoms with Crippen molar-refractivity contribution in [3.05, 3.63) is 35.6 Å². The molecule has 98 valence electrons. The van der Waals surface area contributed by atoms with Crippen molar-refractivity contribution in [1.82, 2.24) is 5.32 Å². The second kappa shape index (κ2) is 3.84. The number of nitrogens with two attached hydrogens (primary N) is 1. The summed E-state index contributed by atoms with van der Waals surface area (Å²) in [6, 6.07) is 8.66. The van der Waals surface area contributed by atoms with E-state index in [9.17, 15) is 4.79 Å². The zero-order valence-corrected chi connectivity index (χ0v) is 10.6. The van der Waals surface area contributed by atoms with Crippen LogP contribution in [0.15, 0.2) is 28.7 Å². The summed E-state index contributed by atoms with van der Waals surface area (Å²) in [5.41, 5.74) is 7.34. The van der Waals surface area contributed by atoms with Gasteiger partial charge in [-0.25, -0.2) is 0 Å². The van der Waals surface area contributed by atoms with Gasteiger partial charge in [-0.1, -0.05) is 6.07 Å². The van der Waals surface area contributed by atoms with Gasteiger partial charge in [-0.3, -0.25) is 4.79 Å². The van der Waals surface area contributed by atoms with Crippen LogP contribution in [0.25, 0.3) is 11.0 Å². The highest BCUT2D eigenvalue weighted by atomic mass is 16.3. The van der Waals surface area contributed by atoms with Crippen molar-refractivity contribution in [3.63, 3.8) is 0 Å². The van der Waals surface area contributed by atoms with Crippen molar-refractivity contribution in [1.29, 1.82) is 0 Å². The molecule has 2 aliphatic rings. The lowest BCUT2D eigenvalue weighted by molar-refractivity contribution is 0.0976. The molecule has 1 aliphatic heterocycles. The molecule has 3 unspecified atom stereocenters. The number of primary amides is 1. The topological polar surface area (TPSA) is 68.3 Å². The number of hydrogen-bond acceptors (Lipinski definition) is 3. The first kappa shape index (κ1) is 11.1. The molecule has 1 aliphatic carbocycles. The van der Waals surface area contributed by atoms with Crippen LogP contribution >= 0.6 is 0 Å². The van der Waals surface area contributed by atoms with Crippen LogP contribution < -0.4 is 11.1 Å². The van der Waals surface area contributed by atoms with Gasteiger partial charge in [0.25, 0.3) is 5.91 Å². The Morgan fingerprint density at radius 3 is 2.89 bits per heavy atom. The normalized spacial score (nSPS) is 29.2. The van der Waals surface area contributed by atoms with Crippen LogP contribution in [-0.4, -0.2) is 18.5 Å². The summed E-state index contributed by atoms with van der Waals surface area (Å²) in [4.78, 5) is 11.1. The summed E-state index contributed by atoms with van der Waals surface area (Å²) in [7, 11) is 0. The van der Waals surface area contributed by atoms with Crippen molar-refractivity contribution in [3.8, 4) is 0 Å². The molecule has 1 saturated heterocycles. The molecule has 3 N–H and O–H groups in total. The van der Waals surface area contributed by atoms with Crippen molar-refractivity contribution >= 4 is 16.9 Å². The molecule has 1 aromatic heterocycles. The molecule has 3 atom stereocenters. The number of amides is 1. The van der Waals surface area contributed by atoms with Crippen LogP contribution in [0.5, 0.6) is 0 Å². The fourth-order valence-electron chi connectivity index (χ4n) is 3.66.